The van der Waals surface area contributed by atoms with E-state index in [1.54, 1.807) is 15.9 Å². The van der Waals surface area contributed by atoms with Gasteiger partial charge in [-0.2, -0.15) is 23.4 Å². The van der Waals surface area contributed by atoms with Crippen molar-refractivity contribution in [3.63, 3.8) is 0 Å². The highest BCUT2D eigenvalue weighted by molar-refractivity contribution is 6.01. The maximum atomic E-state index is 15.3. The lowest BCUT2D eigenvalue weighted by Gasteiger charge is -2.36. The van der Waals surface area contributed by atoms with E-state index in [1.807, 2.05) is 0 Å². The monoisotopic (exact) mass is 598 g/mol. The Bertz CT molecular complexity index is 1630. The van der Waals surface area contributed by atoms with E-state index in [1.165, 1.54) is 43.1 Å². The molecular weight excluding hydrogens is 572 g/mol. The first-order valence-corrected chi connectivity index (χ1v) is 13.2. The first kappa shape index (κ1) is 29.5. The number of benzene rings is 1. The zero-order valence-corrected chi connectivity index (χ0v) is 23.2. The van der Waals surface area contributed by atoms with Crippen LogP contribution in [0.4, 0.5) is 34.8 Å². The van der Waals surface area contributed by atoms with E-state index < -0.39 is 35.1 Å². The number of nitrogens with one attached hydrogen (secondary N) is 1. The molecule has 224 valence electrons. The van der Waals surface area contributed by atoms with Crippen LogP contribution < -0.4 is 15.1 Å². The standard InChI is InChI=1S/C28H26F4N8O3/c1-4-23(41)40-12-16(13-40)25-36-22(43-37-25)14-39-9-8-20(27(42)38(3)21-7-5-6-19(29)24(21)39)35-26-17(11-33)18(28(30,31)32)10-15(2)34-26/h4-7,10,16,20H,1,8-9,12-14H2,2-3H3,(H,34,35)/t20-/m0/s1. The summed E-state index contributed by atoms with van der Waals surface area (Å²) in [7, 11) is 1.42. The summed E-state index contributed by atoms with van der Waals surface area (Å²) in [6.07, 6.45) is -3.59. The number of amides is 2. The summed E-state index contributed by atoms with van der Waals surface area (Å²) in [6.45, 7) is 5.63. The Kier molecular flexibility index (Phi) is 7.78. The zero-order chi connectivity index (χ0) is 31.1. The second-order valence-electron chi connectivity index (χ2n) is 10.2. The van der Waals surface area contributed by atoms with E-state index in [0.29, 0.717) is 18.9 Å². The number of aromatic nitrogens is 3. The van der Waals surface area contributed by atoms with Crippen LogP contribution in [0.3, 0.4) is 0 Å². The molecule has 1 atom stereocenters. The fourth-order valence-electron chi connectivity index (χ4n) is 5.14. The Hall–Kier alpha value is -5.00. The molecule has 0 unspecified atom stereocenters. The lowest BCUT2D eigenvalue weighted by atomic mass is 9.99. The fraction of sp³-hybridized carbons (Fsp3) is 0.357. The van der Waals surface area contributed by atoms with Gasteiger partial charge in [0, 0.05) is 32.4 Å². The third kappa shape index (κ3) is 5.72. The van der Waals surface area contributed by atoms with Gasteiger partial charge in [0.05, 0.1) is 29.4 Å². The van der Waals surface area contributed by atoms with E-state index in [-0.39, 0.29) is 60.1 Å². The summed E-state index contributed by atoms with van der Waals surface area (Å²) >= 11 is 0. The molecule has 43 heavy (non-hydrogen) atoms. The lowest BCUT2D eigenvalue weighted by molar-refractivity contribution is -0.137. The highest BCUT2D eigenvalue weighted by Gasteiger charge is 2.38. The van der Waals surface area contributed by atoms with E-state index in [9.17, 15) is 28.0 Å². The van der Waals surface area contributed by atoms with Crippen LogP contribution in [0.5, 0.6) is 0 Å². The minimum absolute atomic E-state index is 0.00103. The molecule has 0 saturated carbocycles. The number of anilines is 3. The van der Waals surface area contributed by atoms with Gasteiger partial charge in [-0.1, -0.05) is 17.8 Å². The lowest BCUT2D eigenvalue weighted by Crippen LogP contribution is -2.48. The van der Waals surface area contributed by atoms with E-state index >= 15 is 4.39 Å². The third-order valence-corrected chi connectivity index (χ3v) is 7.38. The number of aryl methyl sites for hydroxylation is 1. The van der Waals surface area contributed by atoms with Crippen molar-refractivity contribution in [1.29, 1.82) is 5.26 Å². The van der Waals surface area contributed by atoms with Gasteiger partial charge in [0.1, 0.15) is 29.3 Å². The Morgan fingerprint density at radius 3 is 2.72 bits per heavy atom. The molecule has 0 aliphatic carbocycles. The van der Waals surface area contributed by atoms with Crippen molar-refractivity contribution in [3.8, 4) is 6.07 Å². The van der Waals surface area contributed by atoms with Crippen LogP contribution in [-0.4, -0.2) is 64.6 Å². The molecular formula is C28H26F4N8O3. The van der Waals surface area contributed by atoms with Crippen LogP contribution in [0.2, 0.25) is 0 Å². The second-order valence-corrected chi connectivity index (χ2v) is 10.2. The number of hydrogen-bond acceptors (Lipinski definition) is 9. The molecule has 3 aromatic rings. The molecule has 15 heteroatoms. The number of hydrogen-bond donors (Lipinski definition) is 1. The number of pyridine rings is 1. The van der Waals surface area contributed by atoms with Gasteiger partial charge in [-0.25, -0.2) is 9.37 Å². The van der Waals surface area contributed by atoms with Crippen LogP contribution in [0.15, 0.2) is 41.4 Å². The molecule has 1 saturated heterocycles. The Balaban J connectivity index is 1.43. The minimum atomic E-state index is -4.81. The smallest absolute Gasteiger partial charge is 0.358 e. The quantitative estimate of drug-likeness (QED) is 0.333. The molecule has 2 aromatic heterocycles. The zero-order valence-electron chi connectivity index (χ0n) is 23.2. The van der Waals surface area contributed by atoms with Gasteiger partial charge in [-0.05, 0) is 37.6 Å². The topological polar surface area (TPSA) is 131 Å². The number of nitriles is 1. The van der Waals surface area contributed by atoms with Gasteiger partial charge >= 0.3 is 6.18 Å². The van der Waals surface area contributed by atoms with E-state index in [2.05, 4.69) is 27.0 Å². The van der Waals surface area contributed by atoms with Crippen molar-refractivity contribution in [2.45, 2.75) is 38.0 Å². The molecule has 1 N–H and O–H groups in total. The molecule has 4 heterocycles. The summed E-state index contributed by atoms with van der Waals surface area (Å²) in [5.74, 6) is -1.32. The average molecular weight is 599 g/mol. The Labute approximate surface area is 243 Å². The van der Waals surface area contributed by atoms with Crippen LogP contribution >= 0.6 is 0 Å². The summed E-state index contributed by atoms with van der Waals surface area (Å²) in [6, 6.07) is 5.43. The predicted octanol–water partition coefficient (Wildman–Crippen LogP) is 3.77. The number of para-hydroxylation sites is 1. The van der Waals surface area contributed by atoms with Crippen molar-refractivity contribution in [2.24, 2.45) is 0 Å². The average Bonchev–Trinajstić information content (AvgIpc) is 3.39. The summed E-state index contributed by atoms with van der Waals surface area (Å²) in [4.78, 5) is 38.2. The number of carbonyl (C=O) groups excluding carboxylic acids is 2. The number of fused-ring (bicyclic) bond motifs is 1. The highest BCUT2D eigenvalue weighted by atomic mass is 19.4. The van der Waals surface area contributed by atoms with Gasteiger partial charge < -0.3 is 24.5 Å². The van der Waals surface area contributed by atoms with Crippen molar-refractivity contribution in [1.82, 2.24) is 20.0 Å². The third-order valence-electron chi connectivity index (χ3n) is 7.38. The van der Waals surface area contributed by atoms with Crippen LogP contribution in [-0.2, 0) is 22.3 Å². The fourth-order valence-corrected chi connectivity index (χ4v) is 5.14. The van der Waals surface area contributed by atoms with Crippen LogP contribution in [0, 0.1) is 24.1 Å². The van der Waals surface area contributed by atoms with Crippen LogP contribution in [0.25, 0.3) is 0 Å². The number of likely N-dealkylation sites (N-methyl/N-ethyl adjacent to an activating group) is 1. The largest absolute Gasteiger partial charge is 0.417 e. The number of likely N-dealkylation sites (tertiary alicyclic amines) is 1. The number of nitrogens with zero attached hydrogens (tertiary/aromatic N) is 7. The molecule has 2 aliphatic heterocycles. The van der Waals surface area contributed by atoms with Gasteiger partial charge in [0.2, 0.25) is 17.7 Å². The molecule has 0 spiro atoms. The highest BCUT2D eigenvalue weighted by Crippen LogP contribution is 2.37. The van der Waals surface area contributed by atoms with E-state index in [4.69, 9.17) is 4.52 Å². The van der Waals surface area contributed by atoms with Crippen LogP contribution in [0.1, 0.15) is 40.9 Å². The summed E-state index contributed by atoms with van der Waals surface area (Å²) in [5, 5.41) is 16.3. The molecule has 5 rings (SSSR count). The molecule has 1 fully saturated rings. The van der Waals surface area contributed by atoms with Crippen molar-refractivity contribution in [2.75, 3.05) is 41.8 Å². The number of rotatable bonds is 6. The van der Waals surface area contributed by atoms with Crippen molar-refractivity contribution >= 4 is 29.0 Å². The number of carbonyl (C=O) groups is 2. The maximum absolute atomic E-state index is 15.3. The first-order valence-electron chi connectivity index (χ1n) is 13.2. The normalized spacial score (nSPS) is 17.5. The molecule has 0 bridgehead atoms. The van der Waals surface area contributed by atoms with Gasteiger partial charge in [0.25, 0.3) is 0 Å². The Morgan fingerprint density at radius 2 is 2.05 bits per heavy atom. The Morgan fingerprint density at radius 1 is 1.30 bits per heavy atom. The molecule has 11 nitrogen and oxygen atoms in total. The number of alkyl halides is 3. The minimum Gasteiger partial charge on any atom is -0.358 e. The maximum Gasteiger partial charge on any atom is 0.417 e. The molecule has 2 aliphatic rings. The second kappa shape index (κ2) is 11.3. The molecule has 2 amide bonds. The summed E-state index contributed by atoms with van der Waals surface area (Å²) < 4.78 is 61.7. The van der Waals surface area contributed by atoms with Gasteiger partial charge in [-0.3, -0.25) is 9.59 Å². The number of halogens is 4. The van der Waals surface area contributed by atoms with E-state index in [0.717, 1.165) is 6.07 Å². The first-order chi connectivity index (χ1) is 20.4. The van der Waals surface area contributed by atoms with Crippen molar-refractivity contribution in [3.05, 3.63) is 71.3 Å². The molecule has 0 radical (unpaired) electrons. The SMILES string of the molecule is C=CC(=O)N1CC(c2noc(CN3CC[C@H](Nc4nc(C)cc(C(F)(F)F)c4C#N)C(=O)N(C)c4cccc(F)c43)n2)C1. The molecule has 1 aromatic carbocycles. The van der Waals surface area contributed by atoms with Gasteiger partial charge in [-0.15, -0.1) is 0 Å². The van der Waals surface area contributed by atoms with Gasteiger partial charge in [0.15, 0.2) is 5.82 Å². The summed E-state index contributed by atoms with van der Waals surface area (Å²) in [5.41, 5.74) is -1.58. The predicted molar refractivity (Wildman–Crippen MR) is 145 cm³/mol. The van der Waals surface area contributed by atoms with Crippen molar-refractivity contribution < 1.29 is 31.7 Å².